The Balaban J connectivity index is 1.18. The molecule has 0 unspecified atom stereocenters. The molecule has 1 fully saturated rings. The minimum Gasteiger partial charge on any atom is -0.368 e. The summed E-state index contributed by atoms with van der Waals surface area (Å²) in [7, 11) is 0. The summed E-state index contributed by atoms with van der Waals surface area (Å²) in [5.41, 5.74) is 6.72. The van der Waals surface area contributed by atoms with Gasteiger partial charge >= 0.3 is 0 Å². The van der Waals surface area contributed by atoms with Crippen LogP contribution in [0.15, 0.2) is 152 Å². The van der Waals surface area contributed by atoms with Crippen LogP contribution >= 0.6 is 11.6 Å². The number of aromatic nitrogens is 4. The molecule has 0 aliphatic carbocycles. The summed E-state index contributed by atoms with van der Waals surface area (Å²) >= 11 is 6.28. The Kier molecular flexibility index (Phi) is 7.63. The first-order valence-corrected chi connectivity index (χ1v) is 16.3. The Bertz CT molecular complexity index is 2030. The van der Waals surface area contributed by atoms with Gasteiger partial charge in [0.1, 0.15) is 17.7 Å². The van der Waals surface area contributed by atoms with Crippen LogP contribution in [-0.4, -0.2) is 45.9 Å². The number of hydrogen-bond acceptors (Lipinski definition) is 5. The molecule has 0 amide bonds. The largest absolute Gasteiger partial charge is 0.368 e. The van der Waals surface area contributed by atoms with Crippen molar-refractivity contribution in [3.8, 4) is 11.3 Å². The van der Waals surface area contributed by atoms with Gasteiger partial charge in [-0.25, -0.2) is 9.97 Å². The van der Waals surface area contributed by atoms with Crippen molar-refractivity contribution < 1.29 is 0 Å². The topological polar surface area (TPSA) is 50.1 Å². The molecule has 5 aromatic carbocycles. The van der Waals surface area contributed by atoms with Crippen molar-refractivity contribution in [1.82, 2.24) is 19.7 Å². The van der Waals surface area contributed by atoms with Gasteiger partial charge in [-0.3, -0.25) is 4.68 Å². The normalized spacial score (nSPS) is 13.6. The summed E-state index contributed by atoms with van der Waals surface area (Å²) in [6.07, 6.45) is 3.77. The van der Waals surface area contributed by atoms with Gasteiger partial charge in [0.2, 0.25) is 0 Å². The van der Waals surface area contributed by atoms with Crippen molar-refractivity contribution in [3.63, 3.8) is 0 Å². The van der Waals surface area contributed by atoms with Gasteiger partial charge in [-0.1, -0.05) is 115 Å². The van der Waals surface area contributed by atoms with E-state index in [4.69, 9.17) is 21.7 Å². The van der Waals surface area contributed by atoms with Crippen LogP contribution in [-0.2, 0) is 5.54 Å². The molecule has 230 valence electrons. The highest BCUT2D eigenvalue weighted by Gasteiger charge is 2.39. The molecule has 0 spiro atoms. The van der Waals surface area contributed by atoms with Crippen molar-refractivity contribution >= 4 is 34.0 Å². The van der Waals surface area contributed by atoms with E-state index in [0.717, 1.165) is 81.6 Å². The molecule has 7 aromatic rings. The van der Waals surface area contributed by atoms with E-state index in [-0.39, 0.29) is 0 Å². The molecule has 2 aromatic heterocycles. The molecule has 47 heavy (non-hydrogen) atoms. The minimum absolute atomic E-state index is 0.671. The third-order valence-corrected chi connectivity index (χ3v) is 9.41. The summed E-state index contributed by atoms with van der Waals surface area (Å²) in [6.45, 7) is 3.48. The average Bonchev–Trinajstić information content (AvgIpc) is 3.64. The van der Waals surface area contributed by atoms with Gasteiger partial charge < -0.3 is 9.80 Å². The van der Waals surface area contributed by atoms with Crippen LogP contribution < -0.4 is 9.80 Å². The molecule has 3 heterocycles. The van der Waals surface area contributed by atoms with Crippen molar-refractivity contribution in [1.29, 1.82) is 0 Å². The fourth-order valence-electron chi connectivity index (χ4n) is 6.90. The van der Waals surface area contributed by atoms with E-state index in [1.54, 1.807) is 6.33 Å². The van der Waals surface area contributed by atoms with Crippen LogP contribution in [0.5, 0.6) is 0 Å². The van der Waals surface area contributed by atoms with Crippen molar-refractivity contribution in [2.45, 2.75) is 5.54 Å². The zero-order chi connectivity index (χ0) is 31.6. The highest BCUT2D eigenvalue weighted by atomic mass is 35.5. The second-order valence-electron chi connectivity index (χ2n) is 11.8. The van der Waals surface area contributed by atoms with Crippen LogP contribution in [0.25, 0.3) is 22.2 Å². The standard InChI is InChI=1S/C40H33ClN6/c41-34-17-10-18-35(28-34)45-23-25-46(26-24-45)39-36-27-30(19-20-38(36)42-29-43-39)37-21-22-47(44-37)40(31-11-4-1-5-12-31,32-13-6-2-7-14-32)33-15-8-3-9-16-33/h1-22,27-29H,23-26H2. The fourth-order valence-corrected chi connectivity index (χ4v) is 7.09. The van der Waals surface area contributed by atoms with Gasteiger partial charge in [0.25, 0.3) is 0 Å². The van der Waals surface area contributed by atoms with Gasteiger partial charge in [0.05, 0.1) is 11.2 Å². The zero-order valence-corrected chi connectivity index (χ0v) is 26.6. The van der Waals surface area contributed by atoms with Crippen LogP contribution in [0.4, 0.5) is 11.5 Å². The number of halogens is 1. The Morgan fingerprint density at radius 3 is 1.81 bits per heavy atom. The van der Waals surface area contributed by atoms with Gasteiger partial charge in [-0.15, -0.1) is 0 Å². The number of nitrogens with zero attached hydrogens (tertiary/aromatic N) is 6. The van der Waals surface area contributed by atoms with Crippen molar-refractivity contribution in [3.05, 3.63) is 174 Å². The summed E-state index contributed by atoms with van der Waals surface area (Å²) in [6, 6.07) is 48.5. The molecular weight excluding hydrogens is 600 g/mol. The molecule has 0 radical (unpaired) electrons. The fraction of sp³-hybridized carbons (Fsp3) is 0.125. The summed E-state index contributed by atoms with van der Waals surface area (Å²) in [4.78, 5) is 14.1. The van der Waals surface area contributed by atoms with Crippen LogP contribution in [0.3, 0.4) is 0 Å². The molecule has 0 saturated carbocycles. The predicted octanol–water partition coefficient (Wildman–Crippen LogP) is 8.31. The second kappa shape index (κ2) is 12.4. The zero-order valence-electron chi connectivity index (χ0n) is 25.8. The Morgan fingerprint density at radius 2 is 1.19 bits per heavy atom. The van der Waals surface area contributed by atoms with Crippen LogP contribution in [0.2, 0.25) is 5.02 Å². The summed E-state index contributed by atoms with van der Waals surface area (Å²) < 4.78 is 2.12. The van der Waals surface area contributed by atoms with E-state index in [1.807, 2.05) is 18.2 Å². The predicted molar refractivity (Wildman–Crippen MR) is 191 cm³/mol. The maximum atomic E-state index is 6.28. The number of hydrogen-bond donors (Lipinski definition) is 0. The molecule has 1 aliphatic heterocycles. The lowest BCUT2D eigenvalue weighted by molar-refractivity contribution is 0.461. The van der Waals surface area contributed by atoms with E-state index in [0.29, 0.717) is 0 Å². The molecule has 8 rings (SSSR count). The molecule has 0 N–H and O–H groups in total. The highest BCUT2D eigenvalue weighted by Crippen LogP contribution is 2.41. The quantitative estimate of drug-likeness (QED) is 0.165. The maximum Gasteiger partial charge on any atom is 0.140 e. The molecule has 6 nitrogen and oxygen atoms in total. The molecule has 1 aliphatic rings. The highest BCUT2D eigenvalue weighted by molar-refractivity contribution is 6.30. The SMILES string of the molecule is Clc1cccc(N2CCN(c3ncnc4ccc(-c5ccn(C(c6ccccc6)(c6ccccc6)c6ccccc6)n5)cc34)CC2)c1. The van der Waals surface area contributed by atoms with Crippen molar-refractivity contribution in [2.75, 3.05) is 36.0 Å². The van der Waals surface area contributed by atoms with E-state index < -0.39 is 5.54 Å². The molecule has 1 saturated heterocycles. The third kappa shape index (κ3) is 5.30. The number of anilines is 2. The number of fused-ring (bicyclic) bond motifs is 1. The van der Waals surface area contributed by atoms with Gasteiger partial charge in [0, 0.05) is 54.0 Å². The average molecular weight is 633 g/mol. The third-order valence-electron chi connectivity index (χ3n) is 9.17. The van der Waals surface area contributed by atoms with E-state index in [1.165, 1.54) is 0 Å². The maximum absolute atomic E-state index is 6.28. The Morgan fingerprint density at radius 1 is 0.574 bits per heavy atom. The van der Waals surface area contributed by atoms with Gasteiger partial charge in [-0.05, 0) is 53.1 Å². The van der Waals surface area contributed by atoms with Gasteiger partial charge in [0.15, 0.2) is 0 Å². The van der Waals surface area contributed by atoms with Crippen LogP contribution in [0, 0.1) is 0 Å². The summed E-state index contributed by atoms with van der Waals surface area (Å²) in [5, 5.41) is 7.11. The van der Waals surface area contributed by atoms with E-state index >= 15 is 0 Å². The first-order valence-electron chi connectivity index (χ1n) is 15.9. The number of piperazine rings is 1. The second-order valence-corrected chi connectivity index (χ2v) is 12.3. The molecule has 7 heteroatoms. The Hall–Kier alpha value is -5.46. The Labute approximate surface area is 279 Å². The lowest BCUT2D eigenvalue weighted by Gasteiger charge is -2.37. The first kappa shape index (κ1) is 29.0. The molecule has 0 atom stereocenters. The monoisotopic (exact) mass is 632 g/mol. The first-order chi connectivity index (χ1) is 23.2. The van der Waals surface area contributed by atoms with E-state index in [9.17, 15) is 0 Å². The smallest absolute Gasteiger partial charge is 0.140 e. The molecular formula is C40H33ClN6. The minimum atomic E-state index is -0.671. The van der Waals surface area contributed by atoms with Crippen molar-refractivity contribution in [2.24, 2.45) is 0 Å². The summed E-state index contributed by atoms with van der Waals surface area (Å²) in [5.74, 6) is 0.953. The van der Waals surface area contributed by atoms with Gasteiger partial charge in [-0.2, -0.15) is 5.10 Å². The lowest BCUT2D eigenvalue weighted by atomic mass is 9.77. The van der Waals surface area contributed by atoms with Crippen LogP contribution in [0.1, 0.15) is 16.7 Å². The number of benzene rings is 5. The lowest BCUT2D eigenvalue weighted by Crippen LogP contribution is -2.46. The van der Waals surface area contributed by atoms with E-state index in [2.05, 4.69) is 147 Å². The molecule has 0 bridgehead atoms. The number of rotatable bonds is 7.